The van der Waals surface area contributed by atoms with Crippen LogP contribution in [-0.4, -0.2) is 92.3 Å². The Balaban J connectivity index is 1.46. The Bertz CT molecular complexity index is 1600. The van der Waals surface area contributed by atoms with E-state index in [0.29, 0.717) is 18.7 Å². The van der Waals surface area contributed by atoms with Crippen molar-refractivity contribution in [2.24, 2.45) is 4.99 Å². The molecule has 1 aromatic carbocycles. The SMILES string of the molecule is [2H]c1c(F)c(-c2ccc3nnn(CC(F)F)c3c2)c2c(OC)nc(=NC3CN(C4COC4)CC3(F)F)[nH]n12. The van der Waals surface area contributed by atoms with Gasteiger partial charge >= 0.3 is 0 Å². The van der Waals surface area contributed by atoms with Crippen LogP contribution < -0.4 is 10.4 Å². The van der Waals surface area contributed by atoms with Gasteiger partial charge in [-0.3, -0.25) is 14.5 Å². The first kappa shape index (κ1) is 22.6. The summed E-state index contributed by atoms with van der Waals surface area (Å²) in [7, 11) is 1.26. The fraction of sp³-hybridized carbons (Fsp3) is 0.455. The molecular weight excluding hydrogens is 503 g/mol. The predicted octanol–water partition coefficient (Wildman–Crippen LogP) is 2.11. The first-order valence-electron chi connectivity index (χ1n) is 11.9. The number of benzene rings is 1. The van der Waals surface area contributed by atoms with E-state index < -0.39 is 43.5 Å². The number of hydrogen-bond donors (Lipinski definition) is 1. The molecule has 196 valence electrons. The third-order valence-corrected chi connectivity index (χ3v) is 6.54. The highest BCUT2D eigenvalue weighted by Gasteiger charge is 2.51. The Kier molecular flexibility index (Phi) is 5.35. The summed E-state index contributed by atoms with van der Waals surface area (Å²) in [6.45, 7) is -0.434. The molecule has 5 heterocycles. The summed E-state index contributed by atoms with van der Waals surface area (Å²) in [5, 5.41) is 10.2. The molecule has 2 fully saturated rings. The van der Waals surface area contributed by atoms with Gasteiger partial charge in [0.1, 0.15) is 23.6 Å². The van der Waals surface area contributed by atoms with Gasteiger partial charge < -0.3 is 9.47 Å². The van der Waals surface area contributed by atoms with Crippen molar-refractivity contribution in [2.45, 2.75) is 31.0 Å². The van der Waals surface area contributed by atoms with Gasteiger partial charge in [0.2, 0.25) is 11.5 Å². The van der Waals surface area contributed by atoms with Crippen molar-refractivity contribution in [3.63, 3.8) is 0 Å². The number of aromatic amines is 1. The maximum absolute atomic E-state index is 15.5. The van der Waals surface area contributed by atoms with Gasteiger partial charge in [0.05, 0.1) is 51.5 Å². The summed E-state index contributed by atoms with van der Waals surface area (Å²) in [6, 6.07) is 2.89. The number of aromatic nitrogens is 6. The average Bonchev–Trinajstić information content (AvgIpc) is 3.44. The number of halogens is 5. The number of nitrogens with one attached hydrogen (secondary N) is 1. The third kappa shape index (κ3) is 4.11. The smallest absolute Gasteiger partial charge is 0.283 e. The van der Waals surface area contributed by atoms with E-state index in [0.717, 1.165) is 9.20 Å². The molecule has 0 saturated carbocycles. The number of hydrogen-bond acceptors (Lipinski definition) is 7. The van der Waals surface area contributed by atoms with E-state index in [1.165, 1.54) is 25.3 Å². The lowest BCUT2D eigenvalue weighted by atomic mass is 10.1. The van der Waals surface area contributed by atoms with Crippen molar-refractivity contribution in [3.8, 4) is 17.0 Å². The first-order valence-corrected chi connectivity index (χ1v) is 11.4. The molecule has 1 N–H and O–H groups in total. The molecule has 37 heavy (non-hydrogen) atoms. The van der Waals surface area contributed by atoms with Crippen LogP contribution in [0.5, 0.6) is 5.88 Å². The van der Waals surface area contributed by atoms with E-state index in [9.17, 15) is 17.6 Å². The number of H-pyrrole nitrogens is 1. The number of methoxy groups -OCH3 is 1. The van der Waals surface area contributed by atoms with Gasteiger partial charge in [-0.2, -0.15) is 4.98 Å². The zero-order valence-corrected chi connectivity index (χ0v) is 19.3. The second kappa shape index (κ2) is 8.76. The monoisotopic (exact) mass is 525 g/mol. The van der Waals surface area contributed by atoms with Crippen LogP contribution in [0.15, 0.2) is 29.4 Å². The Morgan fingerprint density at radius 1 is 1.35 bits per heavy atom. The molecule has 2 aliphatic heterocycles. The van der Waals surface area contributed by atoms with E-state index in [1.807, 2.05) is 0 Å². The molecule has 1 atom stereocenters. The second-order valence-electron chi connectivity index (χ2n) is 8.93. The largest absolute Gasteiger partial charge is 0.479 e. The van der Waals surface area contributed by atoms with E-state index in [1.54, 1.807) is 4.90 Å². The summed E-state index contributed by atoms with van der Waals surface area (Å²) < 4.78 is 91.6. The Hall–Kier alpha value is -3.59. The molecule has 2 aliphatic rings. The van der Waals surface area contributed by atoms with Gasteiger partial charge in [0, 0.05) is 6.54 Å². The highest BCUT2D eigenvalue weighted by Crippen LogP contribution is 2.35. The zero-order valence-electron chi connectivity index (χ0n) is 20.3. The number of alkyl halides is 4. The summed E-state index contributed by atoms with van der Waals surface area (Å²) in [5.74, 6) is -4.26. The molecule has 10 nitrogen and oxygen atoms in total. The second-order valence-corrected chi connectivity index (χ2v) is 8.93. The topological polar surface area (TPSA) is 97.9 Å². The van der Waals surface area contributed by atoms with Gasteiger partial charge in [0.15, 0.2) is 5.82 Å². The molecule has 0 radical (unpaired) electrons. The van der Waals surface area contributed by atoms with E-state index >= 15 is 4.39 Å². The van der Waals surface area contributed by atoms with E-state index in [4.69, 9.17) is 10.8 Å². The summed E-state index contributed by atoms with van der Waals surface area (Å²) >= 11 is 0. The number of nitrogens with zero attached hydrogens (tertiary/aromatic N) is 7. The minimum Gasteiger partial charge on any atom is -0.479 e. The number of likely N-dealkylation sites (tertiary alicyclic amines) is 1. The van der Waals surface area contributed by atoms with Crippen LogP contribution in [0.1, 0.15) is 1.37 Å². The third-order valence-electron chi connectivity index (χ3n) is 6.54. The quantitative estimate of drug-likeness (QED) is 0.388. The van der Waals surface area contributed by atoms with Crippen LogP contribution in [0.3, 0.4) is 0 Å². The van der Waals surface area contributed by atoms with Crippen molar-refractivity contribution in [1.29, 1.82) is 0 Å². The highest BCUT2D eigenvalue weighted by atomic mass is 19.3. The number of ether oxygens (including phenoxy) is 2. The van der Waals surface area contributed by atoms with Gasteiger partial charge in [-0.1, -0.05) is 11.3 Å². The van der Waals surface area contributed by atoms with Crippen LogP contribution >= 0.6 is 0 Å². The van der Waals surface area contributed by atoms with E-state index in [2.05, 4.69) is 25.4 Å². The minimum atomic E-state index is -3.13. The summed E-state index contributed by atoms with van der Waals surface area (Å²) in [4.78, 5) is 9.88. The molecule has 3 aromatic heterocycles. The molecule has 2 saturated heterocycles. The van der Waals surface area contributed by atoms with Crippen molar-refractivity contribution < 1.29 is 32.8 Å². The zero-order chi connectivity index (χ0) is 26.8. The summed E-state index contributed by atoms with van der Waals surface area (Å²) in [6.07, 6.45) is -3.31. The van der Waals surface area contributed by atoms with Crippen LogP contribution in [0.2, 0.25) is 0 Å². The standard InChI is InChI=1S/C22H21F5N8O2/c1-36-20-19-18(11-2-3-14-15(4-11)34(32-30-14)7-17(24)25)13(23)5-35(19)31-21(29-20)28-16-6-33(10-22(16,26)27)12-8-37-9-12/h2-5,12,16-17H,6-10H2,1H3,(H,28,31)/i5D. The van der Waals surface area contributed by atoms with Gasteiger partial charge in [-0.05, 0) is 17.7 Å². The Morgan fingerprint density at radius 3 is 2.86 bits per heavy atom. The molecule has 1 unspecified atom stereocenters. The average molecular weight is 525 g/mol. The number of rotatable bonds is 6. The number of fused-ring (bicyclic) bond motifs is 2. The lowest BCUT2D eigenvalue weighted by Gasteiger charge is -2.34. The van der Waals surface area contributed by atoms with Crippen LogP contribution in [0.25, 0.3) is 27.7 Å². The fourth-order valence-electron chi connectivity index (χ4n) is 4.63. The normalized spacial score (nSPS) is 21.3. The van der Waals surface area contributed by atoms with Crippen molar-refractivity contribution >= 4 is 16.6 Å². The molecule has 0 amide bonds. The van der Waals surface area contributed by atoms with Gasteiger partial charge in [-0.25, -0.2) is 31.6 Å². The summed E-state index contributed by atoms with van der Waals surface area (Å²) in [5.41, 5.74) is 0.421. The lowest BCUT2D eigenvalue weighted by Crippen LogP contribution is -2.48. The highest BCUT2D eigenvalue weighted by molar-refractivity contribution is 5.89. The Labute approximate surface area is 206 Å². The molecular formula is C22H21F5N8O2. The lowest BCUT2D eigenvalue weighted by molar-refractivity contribution is -0.0713. The molecule has 0 aliphatic carbocycles. The van der Waals surface area contributed by atoms with Crippen LogP contribution in [0, 0.1) is 5.82 Å². The van der Waals surface area contributed by atoms with Gasteiger partial charge in [0.25, 0.3) is 12.3 Å². The first-order chi connectivity index (χ1) is 18.2. The van der Waals surface area contributed by atoms with Crippen LogP contribution in [0.4, 0.5) is 22.0 Å². The molecule has 4 aromatic rings. The van der Waals surface area contributed by atoms with Crippen molar-refractivity contribution in [2.75, 3.05) is 33.4 Å². The predicted molar refractivity (Wildman–Crippen MR) is 119 cm³/mol. The van der Waals surface area contributed by atoms with Crippen molar-refractivity contribution in [1.82, 2.24) is 34.5 Å². The minimum absolute atomic E-state index is 0.00705. The molecule has 15 heteroatoms. The van der Waals surface area contributed by atoms with Crippen LogP contribution in [-0.2, 0) is 11.3 Å². The van der Waals surface area contributed by atoms with Crippen molar-refractivity contribution in [3.05, 3.63) is 35.8 Å². The molecule has 6 rings (SSSR count). The maximum atomic E-state index is 15.5. The fourth-order valence-corrected chi connectivity index (χ4v) is 4.63. The molecule has 0 spiro atoms. The van der Waals surface area contributed by atoms with E-state index in [-0.39, 0.29) is 46.2 Å². The Morgan fingerprint density at radius 2 is 2.16 bits per heavy atom. The maximum Gasteiger partial charge on any atom is 0.283 e. The molecule has 0 bridgehead atoms. The van der Waals surface area contributed by atoms with Gasteiger partial charge in [-0.15, -0.1) is 5.10 Å².